The summed E-state index contributed by atoms with van der Waals surface area (Å²) in [5.74, 6) is 0.298. The molecule has 0 heterocycles. The van der Waals surface area contributed by atoms with Crippen molar-refractivity contribution in [3.05, 3.63) is 59.7 Å². The summed E-state index contributed by atoms with van der Waals surface area (Å²) in [6.45, 7) is 4.23. The van der Waals surface area contributed by atoms with Gasteiger partial charge in [-0.05, 0) is 11.5 Å². The minimum Gasteiger partial charge on any atom is -0.322 e. The molecule has 0 saturated carbocycles. The van der Waals surface area contributed by atoms with Crippen LogP contribution in [0, 0.1) is 0 Å². The molecule has 100 valence electrons. The largest absolute Gasteiger partial charge is 0.322 e. The van der Waals surface area contributed by atoms with E-state index in [-0.39, 0.29) is 5.78 Å². The van der Waals surface area contributed by atoms with Gasteiger partial charge in [-0.3, -0.25) is 4.79 Å². The number of carbonyl (C=O) groups excluding carboxylic acids is 1. The molecule has 1 aliphatic rings. The molecule has 0 bridgehead atoms. The van der Waals surface area contributed by atoms with Crippen molar-refractivity contribution in [1.29, 1.82) is 0 Å². The van der Waals surface area contributed by atoms with Crippen LogP contribution >= 0.6 is 0 Å². The van der Waals surface area contributed by atoms with E-state index in [0.717, 1.165) is 0 Å². The lowest BCUT2D eigenvalue weighted by atomic mass is 9.81. The van der Waals surface area contributed by atoms with E-state index in [4.69, 9.17) is 11.5 Å². The van der Waals surface area contributed by atoms with Crippen molar-refractivity contribution in [2.45, 2.75) is 31.3 Å². The van der Waals surface area contributed by atoms with Gasteiger partial charge < -0.3 is 11.5 Å². The first-order chi connectivity index (χ1) is 8.95. The first-order valence-corrected chi connectivity index (χ1v) is 6.50. The minimum absolute atomic E-state index is 0.143. The van der Waals surface area contributed by atoms with Gasteiger partial charge in [0.25, 0.3) is 0 Å². The molecule has 0 amide bonds. The maximum Gasteiger partial charge on any atom is 0.188 e. The number of rotatable bonds is 3. The molecule has 0 saturated heterocycles. The fourth-order valence-corrected chi connectivity index (χ4v) is 2.17. The van der Waals surface area contributed by atoms with Crippen LogP contribution in [-0.4, -0.2) is 17.4 Å². The van der Waals surface area contributed by atoms with E-state index < -0.39 is 11.6 Å². The van der Waals surface area contributed by atoms with Crippen LogP contribution in [-0.2, 0) is 0 Å². The van der Waals surface area contributed by atoms with Gasteiger partial charge >= 0.3 is 0 Å². The lowest BCUT2D eigenvalue weighted by Gasteiger charge is -2.31. The molecule has 1 aromatic rings. The molecule has 2 atom stereocenters. The number of hydrogen-bond donors (Lipinski definition) is 2. The Kier molecular flexibility index (Phi) is 3.69. The van der Waals surface area contributed by atoms with Crippen molar-refractivity contribution >= 4 is 5.78 Å². The molecule has 4 N–H and O–H groups in total. The van der Waals surface area contributed by atoms with Crippen molar-refractivity contribution in [3.63, 3.8) is 0 Å². The number of allylic oxidation sites excluding steroid dienone is 2. The summed E-state index contributed by atoms with van der Waals surface area (Å²) in [7, 11) is 0. The first-order valence-electron chi connectivity index (χ1n) is 6.50. The third-order valence-electron chi connectivity index (χ3n) is 3.59. The summed E-state index contributed by atoms with van der Waals surface area (Å²) >= 11 is 0. The topological polar surface area (TPSA) is 69.1 Å². The van der Waals surface area contributed by atoms with Gasteiger partial charge in [0.2, 0.25) is 0 Å². The van der Waals surface area contributed by atoms with E-state index in [1.807, 2.05) is 30.3 Å². The van der Waals surface area contributed by atoms with Gasteiger partial charge in [-0.2, -0.15) is 0 Å². The zero-order valence-corrected chi connectivity index (χ0v) is 11.3. The lowest BCUT2D eigenvalue weighted by Crippen LogP contribution is -2.59. The number of ketones is 1. The Bertz CT molecular complexity index is 528. The quantitative estimate of drug-likeness (QED) is 0.814. The average molecular weight is 256 g/mol. The Balaban J connectivity index is 2.29. The predicted octanol–water partition coefficient (Wildman–Crippen LogP) is 2.14. The second-order valence-electron chi connectivity index (χ2n) is 5.31. The van der Waals surface area contributed by atoms with Crippen molar-refractivity contribution in [2.75, 3.05) is 0 Å². The molecule has 0 spiro atoms. The van der Waals surface area contributed by atoms with Crippen LogP contribution in [0.25, 0.3) is 0 Å². The van der Waals surface area contributed by atoms with Gasteiger partial charge in [-0.15, -0.1) is 0 Å². The molecule has 19 heavy (non-hydrogen) atoms. The molecule has 3 heteroatoms. The van der Waals surface area contributed by atoms with Gasteiger partial charge in [0.05, 0.1) is 6.04 Å². The molecular formula is C16H20N2O. The summed E-state index contributed by atoms with van der Waals surface area (Å²) in [5, 5.41) is 0. The Hall–Kier alpha value is -1.71. The summed E-state index contributed by atoms with van der Waals surface area (Å²) in [6.07, 6.45) is 7.01. The molecule has 2 unspecified atom stereocenters. The third kappa shape index (κ3) is 2.53. The molecule has 0 fully saturated rings. The molecule has 0 radical (unpaired) electrons. The van der Waals surface area contributed by atoms with E-state index in [0.29, 0.717) is 11.5 Å². The second kappa shape index (κ2) is 5.11. The average Bonchev–Trinajstić information content (AvgIpc) is 2.41. The van der Waals surface area contributed by atoms with E-state index in [1.165, 1.54) is 5.56 Å². The van der Waals surface area contributed by atoms with Crippen molar-refractivity contribution < 1.29 is 4.79 Å². The Morgan fingerprint density at radius 1 is 1.21 bits per heavy atom. The highest BCUT2D eigenvalue weighted by atomic mass is 16.1. The Morgan fingerprint density at radius 3 is 2.37 bits per heavy atom. The van der Waals surface area contributed by atoms with Gasteiger partial charge in [-0.1, -0.05) is 62.4 Å². The maximum absolute atomic E-state index is 12.5. The molecule has 3 nitrogen and oxygen atoms in total. The smallest absolute Gasteiger partial charge is 0.188 e. The van der Waals surface area contributed by atoms with Crippen molar-refractivity contribution in [3.8, 4) is 0 Å². The number of benzene rings is 1. The fraction of sp³-hybridized carbons (Fsp3) is 0.312. The van der Waals surface area contributed by atoms with E-state index in [1.54, 1.807) is 18.2 Å². The van der Waals surface area contributed by atoms with Crippen LogP contribution in [0.2, 0.25) is 0 Å². The lowest BCUT2D eigenvalue weighted by molar-refractivity contribution is 0.0911. The summed E-state index contributed by atoms with van der Waals surface area (Å²) in [5.41, 5.74) is 12.8. The highest BCUT2D eigenvalue weighted by molar-refractivity contribution is 6.05. The van der Waals surface area contributed by atoms with Crippen LogP contribution < -0.4 is 11.5 Å². The van der Waals surface area contributed by atoms with Gasteiger partial charge in [0.15, 0.2) is 5.78 Å². The summed E-state index contributed by atoms with van der Waals surface area (Å²) in [6, 6.07) is 7.09. The first kappa shape index (κ1) is 13.7. The van der Waals surface area contributed by atoms with E-state index >= 15 is 0 Å². The van der Waals surface area contributed by atoms with Crippen LogP contribution in [0.15, 0.2) is 48.6 Å². The molecular weight excluding hydrogens is 236 g/mol. The van der Waals surface area contributed by atoms with Crippen LogP contribution in [0.3, 0.4) is 0 Å². The highest BCUT2D eigenvalue weighted by Crippen LogP contribution is 2.21. The highest BCUT2D eigenvalue weighted by Gasteiger charge is 2.38. The molecule has 0 aliphatic heterocycles. The zero-order valence-electron chi connectivity index (χ0n) is 11.3. The standard InChI is InChI=1S/C16H20N2O/c1-11(2)12-6-8-13(9-7-12)15(19)16(18)10-4-3-5-14(16)17/h3-11,14H,17-18H2,1-2H3. The monoisotopic (exact) mass is 256 g/mol. The Morgan fingerprint density at radius 2 is 1.84 bits per heavy atom. The van der Waals surface area contributed by atoms with Gasteiger partial charge in [0.1, 0.15) is 5.54 Å². The van der Waals surface area contributed by atoms with Gasteiger partial charge in [-0.25, -0.2) is 0 Å². The number of nitrogens with two attached hydrogens (primary N) is 2. The van der Waals surface area contributed by atoms with Crippen LogP contribution in [0.4, 0.5) is 0 Å². The van der Waals surface area contributed by atoms with Crippen LogP contribution in [0.1, 0.15) is 35.7 Å². The summed E-state index contributed by atoms with van der Waals surface area (Å²) < 4.78 is 0. The summed E-state index contributed by atoms with van der Waals surface area (Å²) in [4.78, 5) is 12.5. The van der Waals surface area contributed by atoms with E-state index in [2.05, 4.69) is 13.8 Å². The molecule has 2 rings (SSSR count). The minimum atomic E-state index is -1.14. The third-order valence-corrected chi connectivity index (χ3v) is 3.59. The maximum atomic E-state index is 12.5. The fourth-order valence-electron chi connectivity index (χ4n) is 2.17. The van der Waals surface area contributed by atoms with Crippen molar-refractivity contribution in [2.24, 2.45) is 11.5 Å². The predicted molar refractivity (Wildman–Crippen MR) is 78.0 cm³/mol. The second-order valence-corrected chi connectivity index (χ2v) is 5.31. The molecule has 0 aromatic heterocycles. The molecule has 1 aliphatic carbocycles. The van der Waals surface area contributed by atoms with Crippen molar-refractivity contribution in [1.82, 2.24) is 0 Å². The number of hydrogen-bond acceptors (Lipinski definition) is 3. The van der Waals surface area contributed by atoms with Gasteiger partial charge in [0, 0.05) is 5.56 Å². The number of Topliss-reactive ketones (excluding diaryl/α,β-unsaturated/α-hetero) is 1. The number of carbonyl (C=O) groups is 1. The Labute approximate surface area is 114 Å². The SMILES string of the molecule is CC(C)c1ccc(C(=O)C2(N)C=CC=CC2N)cc1. The zero-order chi connectivity index (χ0) is 14.0. The molecule has 1 aromatic carbocycles. The van der Waals surface area contributed by atoms with E-state index in [9.17, 15) is 4.79 Å². The normalized spacial score (nSPS) is 25.8. The van der Waals surface area contributed by atoms with Crippen LogP contribution in [0.5, 0.6) is 0 Å².